The molecule has 0 spiro atoms. The first-order chi connectivity index (χ1) is 13.9. The second-order valence-corrected chi connectivity index (χ2v) is 9.44. The van der Waals surface area contributed by atoms with Crippen molar-refractivity contribution in [2.24, 2.45) is 11.8 Å². The number of amides is 1. The Morgan fingerprint density at radius 3 is 2.62 bits per heavy atom. The molecule has 29 heavy (non-hydrogen) atoms. The van der Waals surface area contributed by atoms with Gasteiger partial charge in [-0.25, -0.2) is 14.6 Å². The van der Waals surface area contributed by atoms with E-state index in [0.717, 1.165) is 50.7 Å². The third-order valence-electron chi connectivity index (χ3n) is 6.29. The summed E-state index contributed by atoms with van der Waals surface area (Å²) >= 11 is 0. The standard InChI is InChI=1S/C21H28N6O2/c1-21(2,3)17-7-18(23-13-22-17)25-9-14-11-26(12-15(14)10-25)19(28)16-8-24-27-5-4-6-29-20(16)27/h7-8,13-15H,4-6,9-12H2,1-3H3. The van der Waals surface area contributed by atoms with E-state index < -0.39 is 0 Å². The molecule has 0 N–H and O–H groups in total. The number of ether oxygens (including phenoxy) is 1. The Morgan fingerprint density at radius 2 is 1.90 bits per heavy atom. The topological polar surface area (TPSA) is 76.4 Å². The molecule has 154 valence electrons. The number of aryl methyl sites for hydroxylation is 1. The van der Waals surface area contributed by atoms with Gasteiger partial charge >= 0.3 is 0 Å². The zero-order valence-electron chi connectivity index (χ0n) is 17.3. The molecule has 3 aliphatic heterocycles. The molecule has 0 radical (unpaired) electrons. The number of carbonyl (C=O) groups is 1. The minimum absolute atomic E-state index is 0.00328. The molecular formula is C21H28N6O2. The van der Waals surface area contributed by atoms with E-state index in [4.69, 9.17) is 4.74 Å². The molecule has 5 heterocycles. The maximum atomic E-state index is 13.1. The summed E-state index contributed by atoms with van der Waals surface area (Å²) in [6.45, 7) is 11.4. The van der Waals surface area contributed by atoms with Gasteiger partial charge in [0.25, 0.3) is 5.91 Å². The number of fused-ring (bicyclic) bond motifs is 2. The average Bonchev–Trinajstić information content (AvgIpc) is 3.39. The van der Waals surface area contributed by atoms with Crippen LogP contribution in [0.3, 0.4) is 0 Å². The van der Waals surface area contributed by atoms with Crippen LogP contribution in [0.1, 0.15) is 43.2 Å². The molecule has 1 amide bonds. The van der Waals surface area contributed by atoms with Crippen molar-refractivity contribution >= 4 is 11.7 Å². The summed E-state index contributed by atoms with van der Waals surface area (Å²) in [4.78, 5) is 26.4. The molecule has 0 saturated carbocycles. The summed E-state index contributed by atoms with van der Waals surface area (Å²) < 4.78 is 7.52. The van der Waals surface area contributed by atoms with E-state index in [0.29, 0.717) is 29.9 Å². The molecule has 8 heteroatoms. The predicted molar refractivity (Wildman–Crippen MR) is 108 cm³/mol. The highest BCUT2D eigenvalue weighted by atomic mass is 16.5. The highest BCUT2D eigenvalue weighted by Crippen LogP contribution is 2.35. The van der Waals surface area contributed by atoms with Crippen molar-refractivity contribution in [3.8, 4) is 5.88 Å². The molecule has 2 aromatic heterocycles. The fraction of sp³-hybridized carbons (Fsp3) is 0.619. The van der Waals surface area contributed by atoms with Gasteiger partial charge < -0.3 is 14.5 Å². The van der Waals surface area contributed by atoms with E-state index in [-0.39, 0.29) is 11.3 Å². The van der Waals surface area contributed by atoms with Crippen LogP contribution in [0.2, 0.25) is 0 Å². The third-order valence-corrected chi connectivity index (χ3v) is 6.29. The summed E-state index contributed by atoms with van der Waals surface area (Å²) in [7, 11) is 0. The molecule has 2 saturated heterocycles. The Balaban J connectivity index is 1.27. The Hall–Kier alpha value is -2.64. The average molecular weight is 396 g/mol. The molecule has 2 atom stereocenters. The van der Waals surface area contributed by atoms with Gasteiger partial charge in [0.15, 0.2) is 0 Å². The largest absolute Gasteiger partial charge is 0.477 e. The molecule has 2 fully saturated rings. The molecule has 2 aromatic rings. The van der Waals surface area contributed by atoms with Crippen LogP contribution in [-0.4, -0.2) is 63.3 Å². The maximum Gasteiger partial charge on any atom is 0.261 e. The number of likely N-dealkylation sites (tertiary alicyclic amines) is 1. The first kappa shape index (κ1) is 18.4. The van der Waals surface area contributed by atoms with Crippen molar-refractivity contribution in [1.82, 2.24) is 24.6 Å². The van der Waals surface area contributed by atoms with Crippen LogP contribution in [0.4, 0.5) is 5.82 Å². The highest BCUT2D eigenvalue weighted by Gasteiger charge is 2.43. The smallest absolute Gasteiger partial charge is 0.261 e. The number of carbonyl (C=O) groups excluding carboxylic acids is 1. The summed E-state index contributed by atoms with van der Waals surface area (Å²) in [5.74, 6) is 2.62. The van der Waals surface area contributed by atoms with Crippen molar-refractivity contribution in [2.75, 3.05) is 37.7 Å². The van der Waals surface area contributed by atoms with Crippen LogP contribution in [0, 0.1) is 11.8 Å². The van der Waals surface area contributed by atoms with Crippen molar-refractivity contribution in [2.45, 2.75) is 39.2 Å². The lowest BCUT2D eigenvalue weighted by molar-refractivity contribution is 0.0775. The SMILES string of the molecule is CC(C)(C)c1cc(N2CC3CN(C(=O)c4cnn5c4OCCC5)CC3C2)ncn1. The summed E-state index contributed by atoms with van der Waals surface area (Å²) in [5.41, 5.74) is 1.66. The van der Waals surface area contributed by atoms with Gasteiger partial charge in [-0.15, -0.1) is 0 Å². The summed E-state index contributed by atoms with van der Waals surface area (Å²) in [6, 6.07) is 2.11. The molecule has 0 aliphatic carbocycles. The molecular weight excluding hydrogens is 368 g/mol. The lowest BCUT2D eigenvalue weighted by atomic mass is 9.92. The minimum Gasteiger partial charge on any atom is -0.477 e. The molecule has 0 aromatic carbocycles. The number of nitrogens with zero attached hydrogens (tertiary/aromatic N) is 6. The molecule has 0 bridgehead atoms. The molecule has 3 aliphatic rings. The molecule has 2 unspecified atom stereocenters. The Kier molecular flexibility index (Phi) is 4.26. The first-order valence-electron chi connectivity index (χ1n) is 10.5. The van der Waals surface area contributed by atoms with Gasteiger partial charge in [-0.05, 0) is 0 Å². The fourth-order valence-electron chi connectivity index (χ4n) is 4.66. The Labute approximate surface area is 170 Å². The van der Waals surface area contributed by atoms with Crippen LogP contribution in [-0.2, 0) is 12.0 Å². The molecule has 5 rings (SSSR count). The van der Waals surface area contributed by atoms with Gasteiger partial charge in [-0.2, -0.15) is 5.10 Å². The number of hydrogen-bond donors (Lipinski definition) is 0. The number of aromatic nitrogens is 4. The van der Waals surface area contributed by atoms with Gasteiger partial charge in [0.2, 0.25) is 5.88 Å². The lowest BCUT2D eigenvalue weighted by Crippen LogP contribution is -2.34. The number of hydrogen-bond acceptors (Lipinski definition) is 6. The van der Waals surface area contributed by atoms with E-state index >= 15 is 0 Å². The van der Waals surface area contributed by atoms with Gasteiger partial charge in [0.1, 0.15) is 17.7 Å². The van der Waals surface area contributed by atoms with Crippen LogP contribution >= 0.6 is 0 Å². The second-order valence-electron chi connectivity index (χ2n) is 9.44. The monoisotopic (exact) mass is 396 g/mol. The molecule has 8 nitrogen and oxygen atoms in total. The van der Waals surface area contributed by atoms with E-state index in [9.17, 15) is 4.79 Å². The van der Waals surface area contributed by atoms with E-state index in [2.05, 4.69) is 46.8 Å². The fourth-order valence-corrected chi connectivity index (χ4v) is 4.66. The van der Waals surface area contributed by atoms with E-state index in [1.54, 1.807) is 17.2 Å². The van der Waals surface area contributed by atoms with Gasteiger partial charge in [-0.1, -0.05) is 20.8 Å². The Morgan fingerprint density at radius 1 is 1.14 bits per heavy atom. The zero-order valence-corrected chi connectivity index (χ0v) is 17.3. The summed E-state index contributed by atoms with van der Waals surface area (Å²) in [6.07, 6.45) is 4.27. The minimum atomic E-state index is 0.00328. The van der Waals surface area contributed by atoms with Crippen molar-refractivity contribution in [3.05, 3.63) is 29.8 Å². The van der Waals surface area contributed by atoms with Gasteiger partial charge in [0, 0.05) is 62.5 Å². The van der Waals surface area contributed by atoms with Crippen LogP contribution in [0.25, 0.3) is 0 Å². The van der Waals surface area contributed by atoms with Crippen LogP contribution in [0.15, 0.2) is 18.6 Å². The van der Waals surface area contributed by atoms with Gasteiger partial charge in [-0.3, -0.25) is 4.79 Å². The number of anilines is 1. The van der Waals surface area contributed by atoms with E-state index in [1.165, 1.54) is 0 Å². The zero-order chi connectivity index (χ0) is 20.2. The highest BCUT2D eigenvalue weighted by molar-refractivity contribution is 5.96. The van der Waals surface area contributed by atoms with Crippen molar-refractivity contribution in [3.63, 3.8) is 0 Å². The normalized spacial score (nSPS) is 23.7. The van der Waals surface area contributed by atoms with Crippen LogP contribution < -0.4 is 9.64 Å². The first-order valence-corrected chi connectivity index (χ1v) is 10.5. The van der Waals surface area contributed by atoms with Crippen molar-refractivity contribution in [1.29, 1.82) is 0 Å². The lowest BCUT2D eigenvalue weighted by Gasteiger charge is -2.24. The van der Waals surface area contributed by atoms with Crippen LogP contribution in [0.5, 0.6) is 5.88 Å². The van der Waals surface area contributed by atoms with Crippen molar-refractivity contribution < 1.29 is 9.53 Å². The maximum absolute atomic E-state index is 13.1. The quantitative estimate of drug-likeness (QED) is 0.772. The Bertz CT molecular complexity index is 919. The predicted octanol–water partition coefficient (Wildman–Crippen LogP) is 1.96. The van der Waals surface area contributed by atoms with E-state index in [1.807, 2.05) is 4.90 Å². The summed E-state index contributed by atoms with van der Waals surface area (Å²) in [5, 5.41) is 4.32. The third kappa shape index (κ3) is 3.24. The van der Waals surface area contributed by atoms with Gasteiger partial charge in [0.05, 0.1) is 18.5 Å². The number of rotatable bonds is 2. The second kappa shape index (κ2) is 6.71.